The normalized spacial score (nSPS) is 11.0. The molecule has 0 fully saturated rings. The summed E-state index contributed by atoms with van der Waals surface area (Å²) in [4.78, 5) is 17.4. The van der Waals surface area contributed by atoms with Crippen LogP contribution in [0.4, 0.5) is 5.69 Å². The van der Waals surface area contributed by atoms with Gasteiger partial charge in [0.2, 0.25) is 0 Å². The molecule has 2 aromatic heterocycles. The second-order valence-electron chi connectivity index (χ2n) is 7.08. The number of carbonyl (C=O) groups excluding carboxylic acids is 1. The summed E-state index contributed by atoms with van der Waals surface area (Å²) in [6, 6.07) is 17.9. The molecular weight excluding hydrogens is 346 g/mol. The average Bonchev–Trinajstić information content (AvgIpc) is 3.15. The van der Waals surface area contributed by atoms with E-state index < -0.39 is 0 Å². The molecule has 2 aromatic carbocycles. The average molecular weight is 369 g/mol. The van der Waals surface area contributed by atoms with Gasteiger partial charge >= 0.3 is 0 Å². The summed E-state index contributed by atoms with van der Waals surface area (Å²) in [6.45, 7) is 6.15. The number of aromatic nitrogens is 2. The highest BCUT2D eigenvalue weighted by atomic mass is 16.1. The number of rotatable bonds is 4. The van der Waals surface area contributed by atoms with Crippen LogP contribution >= 0.6 is 0 Å². The number of imidazole rings is 1. The Balaban J connectivity index is 1.64. The predicted molar refractivity (Wildman–Crippen MR) is 114 cm³/mol. The number of aryl methyl sites for hydroxylation is 3. The number of nitrogens with one attached hydrogen (secondary N) is 1. The van der Waals surface area contributed by atoms with E-state index in [4.69, 9.17) is 4.98 Å². The molecule has 0 bridgehead atoms. The van der Waals surface area contributed by atoms with Crippen molar-refractivity contribution in [3.63, 3.8) is 0 Å². The summed E-state index contributed by atoms with van der Waals surface area (Å²) < 4.78 is 2.03. The standard InChI is InChI=1S/C24H23N3O/c1-4-18-8-11-19(12-9-18)24(28)26-21-14-20(10-7-16(21)2)22-15-27-13-5-6-17(3)23(27)25-22/h5-15H,4H2,1-3H3,(H,26,28). The molecule has 0 atom stereocenters. The highest BCUT2D eigenvalue weighted by Gasteiger charge is 2.11. The molecule has 140 valence electrons. The molecule has 0 radical (unpaired) electrons. The second kappa shape index (κ2) is 7.31. The first-order chi connectivity index (χ1) is 13.5. The van der Waals surface area contributed by atoms with Crippen molar-refractivity contribution in [2.24, 2.45) is 0 Å². The van der Waals surface area contributed by atoms with Crippen molar-refractivity contribution in [2.45, 2.75) is 27.2 Å². The van der Waals surface area contributed by atoms with Gasteiger partial charge in [0.15, 0.2) is 0 Å². The van der Waals surface area contributed by atoms with Gasteiger partial charge in [-0.2, -0.15) is 0 Å². The molecule has 1 amide bonds. The fraction of sp³-hybridized carbons (Fsp3) is 0.167. The minimum atomic E-state index is -0.103. The molecule has 2 heterocycles. The zero-order valence-corrected chi connectivity index (χ0v) is 16.4. The SMILES string of the molecule is CCc1ccc(C(=O)Nc2cc(-c3cn4cccc(C)c4n3)ccc2C)cc1. The predicted octanol–water partition coefficient (Wildman–Crippen LogP) is 5.43. The fourth-order valence-electron chi connectivity index (χ4n) is 3.30. The Morgan fingerprint density at radius 3 is 2.54 bits per heavy atom. The Morgan fingerprint density at radius 2 is 1.82 bits per heavy atom. The van der Waals surface area contributed by atoms with Gasteiger partial charge in [-0.3, -0.25) is 4.79 Å². The molecule has 0 aliphatic rings. The van der Waals surface area contributed by atoms with Gasteiger partial charge in [-0.1, -0.05) is 37.3 Å². The Labute approximate surface area is 164 Å². The van der Waals surface area contributed by atoms with Gasteiger partial charge < -0.3 is 9.72 Å². The number of benzene rings is 2. The first-order valence-corrected chi connectivity index (χ1v) is 9.51. The smallest absolute Gasteiger partial charge is 0.255 e. The number of nitrogens with zero attached hydrogens (tertiary/aromatic N) is 2. The lowest BCUT2D eigenvalue weighted by Gasteiger charge is -2.10. The maximum atomic E-state index is 12.7. The summed E-state index contributed by atoms with van der Waals surface area (Å²) in [5, 5.41) is 3.05. The zero-order valence-electron chi connectivity index (χ0n) is 16.4. The summed E-state index contributed by atoms with van der Waals surface area (Å²) in [6.07, 6.45) is 4.97. The van der Waals surface area contributed by atoms with Gasteiger partial charge in [0, 0.05) is 29.2 Å². The number of hydrogen-bond donors (Lipinski definition) is 1. The van der Waals surface area contributed by atoms with Gasteiger partial charge in [0.05, 0.1) is 5.69 Å². The molecule has 4 nitrogen and oxygen atoms in total. The molecule has 0 aliphatic carbocycles. The van der Waals surface area contributed by atoms with Gasteiger partial charge in [-0.25, -0.2) is 4.98 Å². The number of amides is 1. The highest BCUT2D eigenvalue weighted by molar-refractivity contribution is 6.05. The van der Waals surface area contributed by atoms with Crippen LogP contribution < -0.4 is 5.32 Å². The Morgan fingerprint density at radius 1 is 1.04 bits per heavy atom. The molecule has 0 saturated carbocycles. The Hall–Kier alpha value is -3.40. The van der Waals surface area contributed by atoms with E-state index in [1.54, 1.807) is 0 Å². The van der Waals surface area contributed by atoms with E-state index in [2.05, 4.69) is 25.2 Å². The molecule has 0 unspecified atom stereocenters. The van der Waals surface area contributed by atoms with E-state index in [0.29, 0.717) is 5.56 Å². The monoisotopic (exact) mass is 369 g/mol. The Kier molecular flexibility index (Phi) is 4.70. The van der Waals surface area contributed by atoms with E-state index >= 15 is 0 Å². The minimum Gasteiger partial charge on any atom is -0.322 e. The molecule has 4 rings (SSSR count). The highest BCUT2D eigenvalue weighted by Crippen LogP contribution is 2.26. The maximum Gasteiger partial charge on any atom is 0.255 e. The molecule has 1 N–H and O–H groups in total. The van der Waals surface area contributed by atoms with Gasteiger partial charge in [-0.15, -0.1) is 0 Å². The van der Waals surface area contributed by atoms with Crippen LogP contribution in [0.15, 0.2) is 67.0 Å². The van der Waals surface area contributed by atoms with Gasteiger partial charge in [0.1, 0.15) is 5.65 Å². The van der Waals surface area contributed by atoms with Crippen LogP contribution in [0.5, 0.6) is 0 Å². The first kappa shape index (κ1) is 18.0. The van der Waals surface area contributed by atoms with E-state index in [9.17, 15) is 4.79 Å². The van der Waals surface area contributed by atoms with Crippen molar-refractivity contribution in [1.29, 1.82) is 0 Å². The van der Waals surface area contributed by atoms with Crippen molar-refractivity contribution in [3.8, 4) is 11.3 Å². The van der Waals surface area contributed by atoms with Crippen LogP contribution in [-0.4, -0.2) is 15.3 Å². The number of anilines is 1. The lowest BCUT2D eigenvalue weighted by molar-refractivity contribution is 0.102. The molecule has 4 heteroatoms. The third-order valence-electron chi connectivity index (χ3n) is 5.08. The third-order valence-corrected chi connectivity index (χ3v) is 5.08. The van der Waals surface area contributed by atoms with Crippen molar-refractivity contribution >= 4 is 17.2 Å². The molecule has 0 spiro atoms. The van der Waals surface area contributed by atoms with Gasteiger partial charge in [0.25, 0.3) is 5.91 Å². The van der Waals surface area contributed by atoms with E-state index in [0.717, 1.165) is 40.1 Å². The topological polar surface area (TPSA) is 46.4 Å². The van der Waals surface area contributed by atoms with Crippen LogP contribution in [0.25, 0.3) is 16.9 Å². The Bertz CT molecular complexity index is 1160. The van der Waals surface area contributed by atoms with E-state index in [-0.39, 0.29) is 5.91 Å². The number of fused-ring (bicyclic) bond motifs is 1. The number of hydrogen-bond acceptors (Lipinski definition) is 2. The molecule has 0 saturated heterocycles. The molecular formula is C24H23N3O. The van der Waals surface area contributed by atoms with Crippen molar-refractivity contribution in [1.82, 2.24) is 9.38 Å². The van der Waals surface area contributed by atoms with Crippen LogP contribution in [0, 0.1) is 13.8 Å². The summed E-state index contributed by atoms with van der Waals surface area (Å²) in [5.74, 6) is -0.103. The molecule has 0 aliphatic heterocycles. The van der Waals surface area contributed by atoms with E-state index in [1.807, 2.05) is 72.2 Å². The van der Waals surface area contributed by atoms with Crippen molar-refractivity contribution in [3.05, 3.63) is 89.2 Å². The van der Waals surface area contributed by atoms with Crippen molar-refractivity contribution in [2.75, 3.05) is 5.32 Å². The van der Waals surface area contributed by atoms with Crippen molar-refractivity contribution < 1.29 is 4.79 Å². The van der Waals surface area contributed by atoms with E-state index in [1.165, 1.54) is 5.56 Å². The summed E-state index contributed by atoms with van der Waals surface area (Å²) in [7, 11) is 0. The largest absolute Gasteiger partial charge is 0.322 e. The van der Waals surface area contributed by atoms with Crippen LogP contribution in [-0.2, 0) is 6.42 Å². The molecule has 28 heavy (non-hydrogen) atoms. The third kappa shape index (κ3) is 3.41. The van der Waals surface area contributed by atoms with Gasteiger partial charge in [-0.05, 0) is 61.2 Å². The maximum absolute atomic E-state index is 12.7. The second-order valence-corrected chi connectivity index (χ2v) is 7.08. The number of pyridine rings is 1. The first-order valence-electron chi connectivity index (χ1n) is 9.51. The fourth-order valence-corrected chi connectivity index (χ4v) is 3.30. The van der Waals surface area contributed by atoms with Crippen LogP contribution in [0.2, 0.25) is 0 Å². The quantitative estimate of drug-likeness (QED) is 0.521. The lowest BCUT2D eigenvalue weighted by atomic mass is 10.1. The zero-order chi connectivity index (χ0) is 19.7. The van der Waals surface area contributed by atoms with Crippen LogP contribution in [0.3, 0.4) is 0 Å². The minimum absolute atomic E-state index is 0.103. The summed E-state index contributed by atoms with van der Waals surface area (Å²) >= 11 is 0. The summed E-state index contributed by atoms with van der Waals surface area (Å²) in [5.41, 5.74) is 7.63. The number of carbonyl (C=O) groups is 1. The van der Waals surface area contributed by atoms with Crippen LogP contribution in [0.1, 0.15) is 34.0 Å². The lowest BCUT2D eigenvalue weighted by Crippen LogP contribution is -2.12. The molecule has 4 aromatic rings.